The van der Waals surface area contributed by atoms with E-state index in [4.69, 9.17) is 0 Å². The predicted molar refractivity (Wildman–Crippen MR) is 130 cm³/mol. The van der Waals surface area contributed by atoms with Crippen molar-refractivity contribution in [2.45, 2.75) is 31.6 Å². The zero-order valence-corrected chi connectivity index (χ0v) is 19.7. The molecule has 1 amide bonds. The lowest BCUT2D eigenvalue weighted by Gasteiger charge is -2.33. The molecule has 1 aliphatic heterocycles. The number of fused-ring (bicyclic) bond motifs is 1. The number of amides is 1. The number of benzene rings is 3. The van der Waals surface area contributed by atoms with E-state index < -0.39 is 10.0 Å². The van der Waals surface area contributed by atoms with Gasteiger partial charge >= 0.3 is 0 Å². The number of anilines is 1. The fraction of sp³-hybridized carbons (Fsp3) is 0.308. The van der Waals surface area contributed by atoms with Crippen molar-refractivity contribution in [1.29, 1.82) is 0 Å². The van der Waals surface area contributed by atoms with Gasteiger partial charge in [-0.1, -0.05) is 42.5 Å². The maximum atomic E-state index is 13.3. The molecule has 7 heteroatoms. The van der Waals surface area contributed by atoms with Gasteiger partial charge < -0.3 is 4.90 Å². The molecule has 6 nitrogen and oxygen atoms in total. The van der Waals surface area contributed by atoms with Gasteiger partial charge in [0, 0.05) is 36.8 Å². The number of carbonyl (C=O) groups excluding carboxylic acids is 2. The van der Waals surface area contributed by atoms with Crippen LogP contribution in [0.15, 0.2) is 71.6 Å². The minimum absolute atomic E-state index is 0.0376. The number of sulfonamides is 1. The third-order valence-corrected chi connectivity index (χ3v) is 8.24. The summed E-state index contributed by atoms with van der Waals surface area (Å²) >= 11 is 0. The van der Waals surface area contributed by atoms with Gasteiger partial charge in [-0.15, -0.1) is 0 Å². The van der Waals surface area contributed by atoms with Crippen LogP contribution in [0.5, 0.6) is 0 Å². The molecule has 0 N–H and O–H groups in total. The average Bonchev–Trinajstić information content (AvgIpc) is 2.84. The van der Waals surface area contributed by atoms with E-state index in [2.05, 4.69) is 0 Å². The zero-order chi connectivity index (χ0) is 23.6. The minimum atomic E-state index is -3.66. The molecule has 0 radical (unpaired) electrons. The monoisotopic (exact) mass is 464 g/mol. The molecule has 3 aromatic rings. The van der Waals surface area contributed by atoms with Crippen molar-refractivity contribution in [3.63, 3.8) is 0 Å². The number of ketones is 1. The predicted octanol–water partition coefficient (Wildman–Crippen LogP) is 4.50. The van der Waals surface area contributed by atoms with Gasteiger partial charge in [0.1, 0.15) is 0 Å². The Balaban J connectivity index is 1.45. The van der Waals surface area contributed by atoms with E-state index in [1.54, 1.807) is 4.90 Å². The van der Waals surface area contributed by atoms with Gasteiger partial charge in [-0.3, -0.25) is 9.59 Å². The number of nitrogens with zero attached hydrogens (tertiary/aromatic N) is 2. The lowest BCUT2D eigenvalue weighted by atomic mass is 9.96. The molecule has 0 atom stereocenters. The number of hydrogen-bond donors (Lipinski definition) is 0. The van der Waals surface area contributed by atoms with Crippen LogP contribution >= 0.6 is 0 Å². The van der Waals surface area contributed by atoms with Crippen LogP contribution in [0.4, 0.5) is 5.69 Å². The molecular weight excluding hydrogens is 436 g/mol. The standard InChI is InChI=1S/C26H28N2O4S/c1-3-28(24-11-8-21-6-4-5-7-23(21)18-24)26(30)22-14-16-27(17-15-22)33(31,32)25-12-9-20(10-13-25)19(2)29/h4-13,18,22H,3,14-17H2,1-2H3. The second kappa shape index (κ2) is 9.45. The van der Waals surface area contributed by atoms with E-state index in [1.165, 1.54) is 35.5 Å². The summed E-state index contributed by atoms with van der Waals surface area (Å²) in [6.07, 6.45) is 0.960. The van der Waals surface area contributed by atoms with Gasteiger partial charge in [0.15, 0.2) is 5.78 Å². The van der Waals surface area contributed by atoms with Crippen LogP contribution in [0, 0.1) is 5.92 Å². The molecule has 1 heterocycles. The first-order valence-corrected chi connectivity index (χ1v) is 12.7. The van der Waals surface area contributed by atoms with Crippen LogP contribution in [-0.4, -0.2) is 44.0 Å². The van der Waals surface area contributed by atoms with Crippen LogP contribution in [0.25, 0.3) is 10.8 Å². The summed E-state index contributed by atoms with van der Waals surface area (Å²) in [5.41, 5.74) is 1.34. The number of hydrogen-bond acceptors (Lipinski definition) is 4. The average molecular weight is 465 g/mol. The fourth-order valence-corrected chi connectivity index (χ4v) is 5.85. The first-order chi connectivity index (χ1) is 15.8. The third kappa shape index (κ3) is 4.70. The van der Waals surface area contributed by atoms with Crippen molar-refractivity contribution in [3.8, 4) is 0 Å². The highest BCUT2D eigenvalue weighted by molar-refractivity contribution is 7.89. The molecule has 0 spiro atoms. The third-order valence-electron chi connectivity index (χ3n) is 6.33. The molecule has 1 aliphatic rings. The smallest absolute Gasteiger partial charge is 0.243 e. The van der Waals surface area contributed by atoms with Crippen molar-refractivity contribution in [3.05, 3.63) is 72.3 Å². The van der Waals surface area contributed by atoms with Gasteiger partial charge in [0.25, 0.3) is 0 Å². The molecular formula is C26H28N2O4S. The van der Waals surface area contributed by atoms with E-state index in [0.717, 1.165) is 16.5 Å². The first-order valence-electron chi connectivity index (χ1n) is 11.2. The quantitative estimate of drug-likeness (QED) is 0.504. The van der Waals surface area contributed by atoms with Crippen LogP contribution in [0.1, 0.15) is 37.0 Å². The minimum Gasteiger partial charge on any atom is -0.312 e. The zero-order valence-electron chi connectivity index (χ0n) is 18.9. The van der Waals surface area contributed by atoms with E-state index >= 15 is 0 Å². The second-order valence-electron chi connectivity index (χ2n) is 8.37. The van der Waals surface area contributed by atoms with Crippen LogP contribution in [-0.2, 0) is 14.8 Å². The molecule has 33 heavy (non-hydrogen) atoms. The summed E-state index contributed by atoms with van der Waals surface area (Å²) in [6, 6.07) is 20.1. The molecule has 3 aromatic carbocycles. The number of Topliss-reactive ketones (excluding diaryl/α,β-unsaturated/α-hetero) is 1. The highest BCUT2D eigenvalue weighted by Crippen LogP contribution is 2.28. The second-order valence-corrected chi connectivity index (χ2v) is 10.3. The Morgan fingerprint density at radius 1 is 0.939 bits per heavy atom. The van der Waals surface area contributed by atoms with Gasteiger partial charge in [-0.05, 0) is 61.7 Å². The van der Waals surface area contributed by atoms with Crippen LogP contribution < -0.4 is 4.90 Å². The van der Waals surface area contributed by atoms with Gasteiger partial charge in [0.2, 0.25) is 15.9 Å². The molecule has 1 saturated heterocycles. The summed E-state index contributed by atoms with van der Waals surface area (Å²) in [6.45, 7) is 4.54. The van der Waals surface area contributed by atoms with Crippen molar-refractivity contribution >= 4 is 38.2 Å². The Morgan fingerprint density at radius 2 is 1.58 bits per heavy atom. The summed E-state index contributed by atoms with van der Waals surface area (Å²) < 4.78 is 27.5. The maximum absolute atomic E-state index is 13.3. The summed E-state index contributed by atoms with van der Waals surface area (Å²) in [4.78, 5) is 26.7. The van der Waals surface area contributed by atoms with Crippen LogP contribution in [0.2, 0.25) is 0 Å². The molecule has 0 aromatic heterocycles. The molecule has 4 rings (SSSR count). The largest absolute Gasteiger partial charge is 0.312 e. The highest BCUT2D eigenvalue weighted by Gasteiger charge is 2.34. The molecule has 0 unspecified atom stereocenters. The summed E-state index contributed by atoms with van der Waals surface area (Å²) in [5.74, 6) is -0.288. The SMILES string of the molecule is CCN(C(=O)C1CCN(S(=O)(=O)c2ccc(C(C)=O)cc2)CC1)c1ccc2ccccc2c1. The maximum Gasteiger partial charge on any atom is 0.243 e. The van der Waals surface area contributed by atoms with E-state index in [1.807, 2.05) is 49.4 Å². The van der Waals surface area contributed by atoms with Gasteiger partial charge in [0.05, 0.1) is 4.90 Å². The molecule has 0 saturated carbocycles. The number of rotatable bonds is 6. The van der Waals surface area contributed by atoms with E-state index in [9.17, 15) is 18.0 Å². The normalized spacial score (nSPS) is 15.5. The molecule has 172 valence electrons. The Labute approximate surface area is 194 Å². The Kier molecular flexibility index (Phi) is 6.63. The molecule has 0 bridgehead atoms. The molecule has 0 aliphatic carbocycles. The van der Waals surface area contributed by atoms with Crippen molar-refractivity contribution in [2.24, 2.45) is 5.92 Å². The summed E-state index contributed by atoms with van der Waals surface area (Å²) in [5, 5.41) is 2.21. The Bertz CT molecular complexity index is 1280. The lowest BCUT2D eigenvalue weighted by Crippen LogP contribution is -2.44. The first kappa shape index (κ1) is 23.1. The molecule has 1 fully saturated rings. The Morgan fingerprint density at radius 3 is 2.18 bits per heavy atom. The van der Waals surface area contributed by atoms with Gasteiger partial charge in [-0.25, -0.2) is 8.42 Å². The number of piperidine rings is 1. The number of carbonyl (C=O) groups is 2. The van der Waals surface area contributed by atoms with Crippen molar-refractivity contribution in [2.75, 3.05) is 24.5 Å². The highest BCUT2D eigenvalue weighted by atomic mass is 32.2. The Hall–Kier alpha value is -3.03. The van der Waals surface area contributed by atoms with Gasteiger partial charge in [-0.2, -0.15) is 4.31 Å². The van der Waals surface area contributed by atoms with E-state index in [0.29, 0.717) is 38.0 Å². The summed E-state index contributed by atoms with van der Waals surface area (Å²) in [7, 11) is -3.66. The fourth-order valence-electron chi connectivity index (χ4n) is 4.38. The van der Waals surface area contributed by atoms with Crippen molar-refractivity contribution in [1.82, 2.24) is 4.31 Å². The van der Waals surface area contributed by atoms with E-state index in [-0.39, 0.29) is 22.5 Å². The topological polar surface area (TPSA) is 74.8 Å². The van der Waals surface area contributed by atoms with Crippen molar-refractivity contribution < 1.29 is 18.0 Å². The lowest BCUT2D eigenvalue weighted by molar-refractivity contribution is -0.123. The van der Waals surface area contributed by atoms with Crippen LogP contribution in [0.3, 0.4) is 0 Å².